The van der Waals surface area contributed by atoms with Gasteiger partial charge in [0.25, 0.3) is 0 Å². The normalized spacial score (nSPS) is 13.4. The minimum Gasteiger partial charge on any atom is -0.325 e. The highest BCUT2D eigenvalue weighted by Crippen LogP contribution is 2.28. The van der Waals surface area contributed by atoms with Crippen LogP contribution in [0.25, 0.3) is 11.0 Å². The predicted octanol–water partition coefficient (Wildman–Crippen LogP) is 4.42. The smallest absolute Gasteiger partial charge is 0.111 e. The minimum atomic E-state index is 0.496. The molecule has 2 rings (SSSR count). The fourth-order valence-corrected chi connectivity index (χ4v) is 2.85. The van der Waals surface area contributed by atoms with Gasteiger partial charge in [0, 0.05) is 18.3 Å². The van der Waals surface area contributed by atoms with Crippen molar-refractivity contribution < 1.29 is 0 Å². The van der Waals surface area contributed by atoms with Crippen molar-refractivity contribution >= 4 is 22.6 Å². The maximum absolute atomic E-state index is 5.91. The van der Waals surface area contributed by atoms with Crippen LogP contribution >= 0.6 is 11.6 Å². The van der Waals surface area contributed by atoms with E-state index in [1.54, 1.807) is 0 Å². The maximum atomic E-state index is 5.91. The van der Waals surface area contributed by atoms with E-state index in [0.717, 1.165) is 24.2 Å². The van der Waals surface area contributed by atoms with Gasteiger partial charge in [-0.05, 0) is 24.5 Å². The first-order valence-electron chi connectivity index (χ1n) is 6.70. The van der Waals surface area contributed by atoms with Crippen molar-refractivity contribution in [2.24, 2.45) is 5.92 Å². The largest absolute Gasteiger partial charge is 0.325 e. The molecular formula is C15H21ClN2. The Balaban J connectivity index is 2.60. The van der Waals surface area contributed by atoms with E-state index in [4.69, 9.17) is 16.6 Å². The fourth-order valence-electron chi connectivity index (χ4n) is 2.68. The standard InChI is InChI=1S/C15H21ClN2/c1-4-13(11(2)3)18-14-8-6-5-7-12(14)17-15(18)9-10-16/h5-8,11,13H,4,9-10H2,1-3H3. The minimum absolute atomic E-state index is 0.496. The van der Waals surface area contributed by atoms with Crippen LogP contribution < -0.4 is 0 Å². The molecule has 2 nitrogen and oxygen atoms in total. The number of para-hydroxylation sites is 2. The average Bonchev–Trinajstić information content (AvgIpc) is 2.69. The monoisotopic (exact) mass is 264 g/mol. The lowest BCUT2D eigenvalue weighted by Gasteiger charge is -2.24. The zero-order valence-corrected chi connectivity index (χ0v) is 12.1. The molecule has 0 bridgehead atoms. The number of aromatic nitrogens is 2. The Hall–Kier alpha value is -1.02. The fraction of sp³-hybridized carbons (Fsp3) is 0.533. The average molecular weight is 265 g/mol. The van der Waals surface area contributed by atoms with Crippen LogP contribution in [0.5, 0.6) is 0 Å². The number of benzene rings is 1. The van der Waals surface area contributed by atoms with Crippen LogP contribution in [-0.4, -0.2) is 15.4 Å². The molecule has 0 saturated heterocycles. The number of hydrogen-bond acceptors (Lipinski definition) is 1. The van der Waals surface area contributed by atoms with Crippen LogP contribution in [0.1, 0.15) is 39.1 Å². The van der Waals surface area contributed by atoms with E-state index in [1.807, 2.05) is 6.07 Å². The molecule has 0 fully saturated rings. The molecule has 0 spiro atoms. The van der Waals surface area contributed by atoms with Gasteiger partial charge in [0.1, 0.15) is 5.82 Å². The summed E-state index contributed by atoms with van der Waals surface area (Å²) in [7, 11) is 0. The molecule has 1 atom stereocenters. The Morgan fingerprint density at radius 1 is 1.28 bits per heavy atom. The molecule has 0 aliphatic heterocycles. The van der Waals surface area contributed by atoms with Gasteiger partial charge >= 0.3 is 0 Å². The van der Waals surface area contributed by atoms with Crippen LogP contribution in [-0.2, 0) is 6.42 Å². The summed E-state index contributed by atoms with van der Waals surface area (Å²) >= 11 is 5.91. The molecule has 0 saturated carbocycles. The molecule has 0 aliphatic rings. The van der Waals surface area contributed by atoms with Crippen LogP contribution in [0.3, 0.4) is 0 Å². The van der Waals surface area contributed by atoms with E-state index in [2.05, 4.69) is 43.5 Å². The molecule has 18 heavy (non-hydrogen) atoms. The van der Waals surface area contributed by atoms with Crippen molar-refractivity contribution in [3.63, 3.8) is 0 Å². The molecule has 0 aliphatic carbocycles. The van der Waals surface area contributed by atoms with Crippen molar-refractivity contribution in [1.29, 1.82) is 0 Å². The van der Waals surface area contributed by atoms with Gasteiger partial charge in [-0.25, -0.2) is 4.98 Å². The summed E-state index contributed by atoms with van der Waals surface area (Å²) in [5.74, 6) is 2.34. The molecule has 0 N–H and O–H groups in total. The van der Waals surface area contributed by atoms with E-state index in [-0.39, 0.29) is 0 Å². The number of imidazole rings is 1. The Morgan fingerprint density at radius 3 is 2.61 bits per heavy atom. The molecule has 0 radical (unpaired) electrons. The summed E-state index contributed by atoms with van der Waals surface area (Å²) in [6.45, 7) is 6.78. The number of aryl methyl sites for hydroxylation is 1. The predicted molar refractivity (Wildman–Crippen MR) is 78.3 cm³/mol. The Labute approximate surface area is 114 Å². The molecule has 98 valence electrons. The van der Waals surface area contributed by atoms with Gasteiger partial charge in [-0.2, -0.15) is 0 Å². The van der Waals surface area contributed by atoms with Crippen LogP contribution in [0.4, 0.5) is 0 Å². The van der Waals surface area contributed by atoms with E-state index in [9.17, 15) is 0 Å². The third kappa shape index (κ3) is 2.39. The first-order valence-corrected chi connectivity index (χ1v) is 7.24. The summed E-state index contributed by atoms with van der Waals surface area (Å²) < 4.78 is 2.39. The van der Waals surface area contributed by atoms with E-state index in [1.165, 1.54) is 5.52 Å². The molecule has 1 unspecified atom stereocenters. The highest BCUT2D eigenvalue weighted by Gasteiger charge is 2.19. The molecule has 1 heterocycles. The summed E-state index contributed by atoms with van der Waals surface area (Å²) in [6.07, 6.45) is 1.95. The molecule has 1 aromatic heterocycles. The molecule has 1 aromatic carbocycles. The molecule has 2 aromatic rings. The Kier molecular flexibility index (Phi) is 4.28. The van der Waals surface area contributed by atoms with Crippen molar-refractivity contribution in [2.75, 3.05) is 5.88 Å². The number of nitrogens with zero attached hydrogens (tertiary/aromatic N) is 2. The SMILES string of the molecule is CCC(C(C)C)n1c(CCCl)nc2ccccc21. The summed E-state index contributed by atoms with van der Waals surface area (Å²) in [6, 6.07) is 8.86. The molecular weight excluding hydrogens is 244 g/mol. The summed E-state index contributed by atoms with van der Waals surface area (Å²) in [5, 5.41) is 0. The number of fused-ring (bicyclic) bond motifs is 1. The number of hydrogen-bond donors (Lipinski definition) is 0. The van der Waals surface area contributed by atoms with Gasteiger partial charge in [0.2, 0.25) is 0 Å². The quantitative estimate of drug-likeness (QED) is 0.731. The van der Waals surface area contributed by atoms with Gasteiger partial charge in [-0.15, -0.1) is 11.6 Å². The number of rotatable bonds is 5. The number of alkyl halides is 1. The van der Waals surface area contributed by atoms with Gasteiger partial charge in [-0.3, -0.25) is 0 Å². The maximum Gasteiger partial charge on any atom is 0.111 e. The first kappa shape index (κ1) is 13.4. The highest BCUT2D eigenvalue weighted by atomic mass is 35.5. The lowest BCUT2D eigenvalue weighted by molar-refractivity contribution is 0.365. The topological polar surface area (TPSA) is 17.8 Å². The second-order valence-electron chi connectivity index (χ2n) is 5.05. The van der Waals surface area contributed by atoms with Gasteiger partial charge in [0.15, 0.2) is 0 Å². The lowest BCUT2D eigenvalue weighted by Crippen LogP contribution is -2.17. The van der Waals surface area contributed by atoms with Crippen molar-refractivity contribution in [3.05, 3.63) is 30.1 Å². The Bertz CT molecular complexity index is 516. The first-order chi connectivity index (χ1) is 8.69. The second-order valence-corrected chi connectivity index (χ2v) is 5.42. The zero-order chi connectivity index (χ0) is 13.1. The van der Waals surface area contributed by atoms with Crippen LogP contribution in [0.2, 0.25) is 0 Å². The Morgan fingerprint density at radius 2 is 2.00 bits per heavy atom. The van der Waals surface area contributed by atoms with Gasteiger partial charge in [0.05, 0.1) is 11.0 Å². The lowest BCUT2D eigenvalue weighted by atomic mass is 10.0. The van der Waals surface area contributed by atoms with Gasteiger partial charge in [-0.1, -0.05) is 32.9 Å². The molecule has 3 heteroatoms. The summed E-state index contributed by atoms with van der Waals surface area (Å²) in [5.41, 5.74) is 2.31. The third-order valence-corrected chi connectivity index (χ3v) is 3.70. The van der Waals surface area contributed by atoms with Crippen LogP contribution in [0, 0.1) is 5.92 Å². The van der Waals surface area contributed by atoms with Crippen molar-refractivity contribution in [3.8, 4) is 0 Å². The van der Waals surface area contributed by atoms with E-state index in [0.29, 0.717) is 17.8 Å². The number of halogens is 1. The van der Waals surface area contributed by atoms with Gasteiger partial charge < -0.3 is 4.57 Å². The van der Waals surface area contributed by atoms with Crippen molar-refractivity contribution in [1.82, 2.24) is 9.55 Å². The summed E-state index contributed by atoms with van der Waals surface area (Å²) in [4.78, 5) is 4.73. The van der Waals surface area contributed by atoms with E-state index >= 15 is 0 Å². The van der Waals surface area contributed by atoms with Crippen molar-refractivity contribution in [2.45, 2.75) is 39.7 Å². The molecule has 0 amide bonds. The second kappa shape index (κ2) is 5.75. The van der Waals surface area contributed by atoms with Crippen LogP contribution in [0.15, 0.2) is 24.3 Å². The highest BCUT2D eigenvalue weighted by molar-refractivity contribution is 6.17. The zero-order valence-electron chi connectivity index (χ0n) is 11.4. The third-order valence-electron chi connectivity index (χ3n) is 3.51. The van der Waals surface area contributed by atoms with E-state index < -0.39 is 0 Å².